The fourth-order valence-electron chi connectivity index (χ4n) is 21.4. The van der Waals surface area contributed by atoms with Crippen molar-refractivity contribution in [1.29, 1.82) is 0 Å². The first-order valence-electron chi connectivity index (χ1n) is 35.2. The van der Waals surface area contributed by atoms with Gasteiger partial charge in [-0.1, -0.05) is 161 Å². The minimum atomic E-state index is -0.571. The summed E-state index contributed by atoms with van der Waals surface area (Å²) in [6.45, 7) is 21.6. The van der Waals surface area contributed by atoms with Crippen LogP contribution in [0.4, 0.5) is 9.59 Å². The van der Waals surface area contributed by atoms with Gasteiger partial charge in [0.05, 0.1) is 35.6 Å². The van der Waals surface area contributed by atoms with Crippen LogP contribution in [0.5, 0.6) is 0 Å². The lowest BCUT2D eigenvalue weighted by Gasteiger charge is -2.49. The molecule has 1 aromatic heterocycles. The molecule has 14 heteroatoms. The number of carbonyl (C=O) groups excluding carboxylic acids is 2. The molecule has 4 saturated heterocycles. The Balaban J connectivity index is 0.000000154. The summed E-state index contributed by atoms with van der Waals surface area (Å²) in [4.78, 5) is 34.6. The lowest BCUT2D eigenvalue weighted by Crippen LogP contribution is -2.54. The molecule has 0 radical (unpaired) electrons. The Morgan fingerprint density at radius 1 is 0.674 bits per heavy atom. The van der Waals surface area contributed by atoms with Gasteiger partial charge < -0.3 is 43.8 Å². The summed E-state index contributed by atoms with van der Waals surface area (Å²) in [6, 6.07) is 27.9. The number of para-hydroxylation sites is 1. The summed E-state index contributed by atoms with van der Waals surface area (Å²) in [7, 11) is 1.56. The van der Waals surface area contributed by atoms with E-state index in [1.165, 1.54) is 54.5 Å². The first kappa shape index (κ1) is 64.9. The van der Waals surface area contributed by atoms with Crippen molar-refractivity contribution in [1.82, 2.24) is 25.4 Å². The van der Waals surface area contributed by atoms with Gasteiger partial charge in [-0.05, 0) is 214 Å². The van der Waals surface area contributed by atoms with Gasteiger partial charge in [-0.15, -0.1) is 5.10 Å². The van der Waals surface area contributed by atoms with Gasteiger partial charge in [-0.25, -0.2) is 9.59 Å². The first-order valence-corrected chi connectivity index (χ1v) is 35.2. The minimum Gasteiger partial charge on any atom is -0.445 e. The number of nitrogens with zero attached hydrogens (tertiary/aromatic N) is 4. The van der Waals surface area contributed by atoms with Gasteiger partial charge in [0.15, 0.2) is 0 Å². The minimum absolute atomic E-state index is 0. The molecule has 2 N–H and O–H groups in total. The molecular formula is C78H105N5O9. The van der Waals surface area contributed by atoms with Crippen LogP contribution in [0.2, 0.25) is 0 Å². The number of ether oxygens (including phenoxy) is 5. The lowest BCUT2D eigenvalue weighted by molar-refractivity contribution is -0.0639. The zero-order valence-corrected chi connectivity index (χ0v) is 55.6. The molecule has 4 saturated carbocycles. The fourth-order valence-corrected chi connectivity index (χ4v) is 21.4. The third kappa shape index (κ3) is 11.3. The summed E-state index contributed by atoms with van der Waals surface area (Å²) in [5.41, 5.74) is 13.3. The summed E-state index contributed by atoms with van der Waals surface area (Å²) in [5.74, 6) is 6.01. The van der Waals surface area contributed by atoms with Gasteiger partial charge in [-0.2, -0.15) is 0 Å². The molecule has 1 amide bonds. The van der Waals surface area contributed by atoms with E-state index in [0.717, 1.165) is 117 Å². The zero-order chi connectivity index (χ0) is 63.1. The van der Waals surface area contributed by atoms with Crippen LogP contribution in [-0.2, 0) is 36.9 Å². The molecule has 5 heterocycles. The van der Waals surface area contributed by atoms with Crippen LogP contribution in [0.25, 0.3) is 11.0 Å². The molecule has 8 aliphatic carbocycles. The smallest absolute Gasteiger partial charge is 0.445 e. The maximum Gasteiger partial charge on any atom is 0.508 e. The van der Waals surface area contributed by atoms with Crippen molar-refractivity contribution in [3.05, 3.63) is 142 Å². The Labute approximate surface area is 547 Å². The second-order valence-corrected chi connectivity index (χ2v) is 30.8. The molecule has 20 atom stereocenters. The maximum atomic E-state index is 13.6. The largest absolute Gasteiger partial charge is 0.508 e. The van der Waals surface area contributed by atoms with Gasteiger partial charge in [0.1, 0.15) is 37.5 Å². The highest BCUT2D eigenvalue weighted by atomic mass is 16.7. The van der Waals surface area contributed by atoms with E-state index < -0.39 is 6.16 Å². The highest BCUT2D eigenvalue weighted by Gasteiger charge is 2.64. The van der Waals surface area contributed by atoms with E-state index >= 15 is 0 Å². The molecule has 14 nitrogen and oxygen atoms in total. The third-order valence-corrected chi connectivity index (χ3v) is 26.3. The highest BCUT2D eigenvalue weighted by molar-refractivity contribution is 5.73. The normalized spacial score (nSPS) is 39.4. The molecule has 16 rings (SSSR count). The number of piperidine rings is 2. The van der Waals surface area contributed by atoms with Gasteiger partial charge in [0.2, 0.25) is 0 Å². The van der Waals surface area contributed by atoms with Crippen molar-refractivity contribution >= 4 is 23.3 Å². The van der Waals surface area contributed by atoms with E-state index in [0.29, 0.717) is 53.7 Å². The molecule has 4 aliphatic heterocycles. The molecule has 496 valence electrons. The number of aliphatic hydroxyl groups is 1. The van der Waals surface area contributed by atoms with Gasteiger partial charge in [-0.3, -0.25) is 0 Å². The molecule has 3 aromatic carbocycles. The second-order valence-electron chi connectivity index (χ2n) is 30.8. The van der Waals surface area contributed by atoms with E-state index in [1.54, 1.807) is 29.4 Å². The van der Waals surface area contributed by atoms with Gasteiger partial charge in [0.25, 0.3) is 0 Å². The Hall–Kier alpha value is -5.80. The number of aromatic nitrogens is 3. The van der Waals surface area contributed by atoms with E-state index in [-0.39, 0.29) is 73.6 Å². The Kier molecular flexibility index (Phi) is 18.2. The van der Waals surface area contributed by atoms with Crippen LogP contribution in [-0.4, -0.2) is 105 Å². The van der Waals surface area contributed by atoms with Crippen molar-refractivity contribution in [2.75, 3.05) is 20.2 Å². The van der Waals surface area contributed by atoms with Crippen LogP contribution in [0.3, 0.4) is 0 Å². The predicted octanol–water partition coefficient (Wildman–Crippen LogP) is 15.5. The van der Waals surface area contributed by atoms with Gasteiger partial charge in [0, 0.05) is 30.8 Å². The summed E-state index contributed by atoms with van der Waals surface area (Å²) >= 11 is 0. The van der Waals surface area contributed by atoms with Crippen LogP contribution in [0, 0.1) is 70.0 Å². The quantitative estimate of drug-likeness (QED) is 0.139. The van der Waals surface area contributed by atoms with Crippen molar-refractivity contribution in [3.63, 3.8) is 0 Å². The van der Waals surface area contributed by atoms with E-state index in [2.05, 4.69) is 83.2 Å². The molecule has 8 fully saturated rings. The first-order chi connectivity index (χ1) is 43.9. The molecule has 92 heavy (non-hydrogen) atoms. The third-order valence-electron chi connectivity index (χ3n) is 26.3. The SMILES string of the molecule is C.CC1=C2C[C@H]3[C@@H](CC=C4C[C@@H](O)CC[C@@]43C)[C@@H]2CC[C@]12O[C@@H]1C[C@H](C)CN[C@H]1[C@H]2C.CC1=C2C[C@H]3[C@@H](CC=C4C[C@@H](OC(=O)OCc5ccccc5)CC[C@@]43C)[C@@H]2CC[C@]12O[C@@H]1C[C@H](C)CN(C(=O)OCc3ccccc3)[C@H]1[C@H]2C.COn1nnc2ccccc21. The van der Waals surface area contributed by atoms with Crippen LogP contribution >= 0.6 is 0 Å². The number of aliphatic hydroxyl groups excluding tert-OH is 1. The number of carbonyl (C=O) groups is 2. The number of hydrogen-bond acceptors (Lipinski definition) is 12. The van der Waals surface area contributed by atoms with Crippen LogP contribution < -0.4 is 10.2 Å². The monoisotopic (exact) mass is 1260 g/mol. The van der Waals surface area contributed by atoms with E-state index in [9.17, 15) is 14.7 Å². The lowest BCUT2D eigenvalue weighted by atomic mass is 9.56. The van der Waals surface area contributed by atoms with Crippen LogP contribution in [0.15, 0.2) is 131 Å². The number of hydrogen-bond donors (Lipinski definition) is 2. The Morgan fingerprint density at radius 2 is 1.24 bits per heavy atom. The standard InChI is InChI=1S/C43H53NO6.C27H41NO2.C7H7N3O.CH4/c1-27-21-38-39(44(24-27)40(45)47-25-30-11-7-5-8-12-30)29(3)43(50-38)20-18-34-35-16-15-32-22-33(49-41(46)48-26-31-13-9-6-10-14-31)17-19-42(32,4)37(35)23-36(34)28(43)2;1-15-11-24-25(28-14-15)17(3)27(30-24)10-8-20-21-6-5-18-12-19(29)7-9-26(18,4)23(21)13-22(20)16(27)2;1-11-10-7-5-3-2-4-6(7)8-9-10;/h5-15,27,29,33-35,37-39H,16-26H2,1-4H3;5,15,17,19-21,23-25,28-29H,6-14H2,1-4H3;2-5H,1H3;1H4/t27-,29+,33-,34-,35-,37-,38+,39-,42-,43-;15-,17+,19-,20-,21-,23-,24+,25-,26-,27-;;/m00../s1. The molecule has 2 spiro atoms. The Morgan fingerprint density at radius 3 is 1.88 bits per heavy atom. The number of rotatable bonds is 6. The summed E-state index contributed by atoms with van der Waals surface area (Å²) in [5, 5.41) is 21.8. The fraction of sp³-hybridized carbons (Fsp3) is 0.641. The maximum absolute atomic E-state index is 13.6. The zero-order valence-electron chi connectivity index (χ0n) is 55.6. The number of amides is 1. The van der Waals surface area contributed by atoms with Crippen molar-refractivity contribution < 1.29 is 43.2 Å². The molecule has 0 bridgehead atoms. The number of likely N-dealkylation sites (tertiary alicyclic amines) is 1. The molecule has 0 unspecified atom stereocenters. The van der Waals surface area contributed by atoms with Gasteiger partial charge >= 0.3 is 12.2 Å². The number of fused-ring (bicyclic) bond motifs is 13. The van der Waals surface area contributed by atoms with Crippen molar-refractivity contribution in [2.24, 2.45) is 70.0 Å². The highest BCUT2D eigenvalue weighted by Crippen LogP contribution is 2.67. The average Bonchev–Trinajstić information content (AvgIpc) is 1.55. The second kappa shape index (κ2) is 25.7. The molecule has 4 aromatic rings. The van der Waals surface area contributed by atoms with Crippen molar-refractivity contribution in [3.8, 4) is 0 Å². The van der Waals surface area contributed by atoms with Crippen LogP contribution in [0.1, 0.15) is 177 Å². The van der Waals surface area contributed by atoms with Crippen molar-refractivity contribution in [2.45, 2.75) is 226 Å². The van der Waals surface area contributed by atoms with E-state index in [4.69, 9.17) is 28.5 Å². The summed E-state index contributed by atoms with van der Waals surface area (Å²) < 4.78 is 31.5. The van der Waals surface area contributed by atoms with E-state index in [1.807, 2.05) is 89.8 Å². The molecule has 12 aliphatic rings. The number of nitrogens with one attached hydrogen (secondary N) is 1. The Bertz CT molecular complexity index is 3470. The number of allylic oxidation sites excluding steroid dienone is 4. The topological polar surface area (TPSA) is 156 Å². The summed E-state index contributed by atoms with van der Waals surface area (Å²) in [6.07, 6.45) is 21.8. The predicted molar refractivity (Wildman–Crippen MR) is 358 cm³/mol. The molecular weight excluding hydrogens is 1150 g/mol. The average molecular weight is 1260 g/mol. The number of benzene rings is 3.